The Bertz CT molecular complexity index is 749. The van der Waals surface area contributed by atoms with Crippen molar-refractivity contribution in [2.24, 2.45) is 0 Å². The van der Waals surface area contributed by atoms with Gasteiger partial charge in [-0.2, -0.15) is 0 Å². The number of aromatic nitrogens is 1. The van der Waals surface area contributed by atoms with E-state index < -0.39 is 0 Å². The lowest BCUT2D eigenvalue weighted by Crippen LogP contribution is -2.54. The van der Waals surface area contributed by atoms with Crippen LogP contribution in [0.2, 0.25) is 5.02 Å². The van der Waals surface area contributed by atoms with Crippen LogP contribution in [0.3, 0.4) is 0 Å². The van der Waals surface area contributed by atoms with Crippen molar-refractivity contribution in [3.8, 4) is 11.3 Å². The van der Waals surface area contributed by atoms with Gasteiger partial charge >= 0.3 is 6.09 Å². The van der Waals surface area contributed by atoms with Crippen LogP contribution in [-0.2, 0) is 11.2 Å². The summed E-state index contributed by atoms with van der Waals surface area (Å²) in [5, 5.41) is 4.84. The van der Waals surface area contributed by atoms with Crippen LogP contribution in [0.1, 0.15) is 19.5 Å². The zero-order valence-corrected chi connectivity index (χ0v) is 15.9. The first-order valence-corrected chi connectivity index (χ1v) is 9.32. The number of ether oxygens (including phenoxy) is 1. The third-order valence-electron chi connectivity index (χ3n) is 4.61. The van der Waals surface area contributed by atoms with E-state index in [2.05, 4.69) is 17.0 Å². The zero-order chi connectivity index (χ0) is 18.5. The third-order valence-corrected chi connectivity index (χ3v) is 4.85. The highest BCUT2D eigenvalue weighted by Gasteiger charge is 2.27. The molecular formula is C19H24ClN3O3. The molecule has 1 fully saturated rings. The van der Waals surface area contributed by atoms with Gasteiger partial charge in [0.15, 0.2) is 5.76 Å². The number of carbonyl (C=O) groups is 1. The second kappa shape index (κ2) is 8.56. The average molecular weight is 378 g/mol. The van der Waals surface area contributed by atoms with Crippen molar-refractivity contribution in [2.45, 2.75) is 26.3 Å². The molecule has 1 aromatic carbocycles. The summed E-state index contributed by atoms with van der Waals surface area (Å²) >= 11 is 6.03. The largest absolute Gasteiger partial charge is 0.450 e. The molecule has 1 amide bonds. The monoisotopic (exact) mass is 377 g/mol. The van der Waals surface area contributed by atoms with Gasteiger partial charge in [0.05, 0.1) is 12.3 Å². The molecule has 0 aliphatic carbocycles. The first-order valence-electron chi connectivity index (χ1n) is 8.94. The normalized spacial score (nSPS) is 18.1. The summed E-state index contributed by atoms with van der Waals surface area (Å²) < 4.78 is 10.5. The fourth-order valence-electron chi connectivity index (χ4n) is 3.17. The van der Waals surface area contributed by atoms with Gasteiger partial charge in [-0.15, -0.1) is 0 Å². The predicted molar refractivity (Wildman–Crippen MR) is 100 cm³/mol. The van der Waals surface area contributed by atoms with Gasteiger partial charge in [0.2, 0.25) is 0 Å². The molecule has 2 aromatic rings. The summed E-state index contributed by atoms with van der Waals surface area (Å²) in [5.74, 6) is 0.725. The summed E-state index contributed by atoms with van der Waals surface area (Å²) in [6, 6.07) is 9.79. The Hall–Kier alpha value is -2.05. The number of amides is 1. The second-order valence-electron chi connectivity index (χ2n) is 6.47. The van der Waals surface area contributed by atoms with E-state index in [4.69, 9.17) is 20.9 Å². The maximum Gasteiger partial charge on any atom is 0.409 e. The Labute approximate surface area is 158 Å². The second-order valence-corrected chi connectivity index (χ2v) is 6.91. The molecule has 0 N–H and O–H groups in total. The van der Waals surface area contributed by atoms with Crippen LogP contribution in [0.5, 0.6) is 0 Å². The van der Waals surface area contributed by atoms with E-state index in [1.807, 2.05) is 37.3 Å². The van der Waals surface area contributed by atoms with E-state index in [9.17, 15) is 4.79 Å². The number of rotatable bonds is 5. The molecule has 7 heteroatoms. The number of halogens is 1. The van der Waals surface area contributed by atoms with Crippen molar-refractivity contribution in [1.82, 2.24) is 15.0 Å². The Morgan fingerprint density at radius 2 is 2.23 bits per heavy atom. The van der Waals surface area contributed by atoms with Gasteiger partial charge in [-0.25, -0.2) is 4.79 Å². The Balaban J connectivity index is 1.53. The van der Waals surface area contributed by atoms with Gasteiger partial charge in [0, 0.05) is 55.3 Å². The third kappa shape index (κ3) is 4.56. The SMILES string of the molecule is CCOC(=O)N1CCN(CCc2cc(-c3cccc(Cl)c3)on2)[C@@H](C)C1. The van der Waals surface area contributed by atoms with E-state index in [1.54, 1.807) is 4.90 Å². The topological polar surface area (TPSA) is 58.8 Å². The summed E-state index contributed by atoms with van der Waals surface area (Å²) in [7, 11) is 0. The molecule has 1 aliphatic rings. The van der Waals surface area contributed by atoms with Gasteiger partial charge in [-0.05, 0) is 26.0 Å². The molecule has 140 valence electrons. The lowest BCUT2D eigenvalue weighted by atomic mass is 10.1. The quantitative estimate of drug-likeness (QED) is 0.795. The van der Waals surface area contributed by atoms with E-state index in [-0.39, 0.29) is 12.1 Å². The standard InChI is InChI=1S/C19H24ClN3O3/c1-3-25-19(24)23-10-9-22(14(2)13-23)8-7-17-12-18(26-21-17)15-5-4-6-16(20)11-15/h4-6,11-12,14H,3,7-10,13H2,1-2H3/t14-/m0/s1. The first-order chi connectivity index (χ1) is 12.6. The van der Waals surface area contributed by atoms with Crippen LogP contribution in [0.15, 0.2) is 34.9 Å². The molecule has 1 aromatic heterocycles. The van der Waals surface area contributed by atoms with Crippen molar-refractivity contribution in [2.75, 3.05) is 32.8 Å². The molecule has 0 unspecified atom stereocenters. The van der Waals surface area contributed by atoms with Crippen LogP contribution in [-0.4, -0.2) is 59.9 Å². The molecule has 1 atom stereocenters. The Kier molecular flexibility index (Phi) is 6.16. The average Bonchev–Trinajstić information content (AvgIpc) is 3.10. The molecule has 6 nitrogen and oxygen atoms in total. The first kappa shape index (κ1) is 18.7. The number of nitrogens with zero attached hydrogens (tertiary/aromatic N) is 3. The van der Waals surface area contributed by atoms with Gasteiger partial charge in [-0.3, -0.25) is 4.90 Å². The minimum Gasteiger partial charge on any atom is -0.450 e. The van der Waals surface area contributed by atoms with Crippen LogP contribution in [0.4, 0.5) is 4.79 Å². The summed E-state index contributed by atoms with van der Waals surface area (Å²) in [4.78, 5) is 16.0. The zero-order valence-electron chi connectivity index (χ0n) is 15.2. The van der Waals surface area contributed by atoms with E-state index >= 15 is 0 Å². The van der Waals surface area contributed by atoms with E-state index in [1.165, 1.54) is 0 Å². The number of piperazine rings is 1. The van der Waals surface area contributed by atoms with Crippen LogP contribution >= 0.6 is 11.6 Å². The maximum absolute atomic E-state index is 11.8. The number of carbonyl (C=O) groups excluding carboxylic acids is 1. The molecule has 0 spiro atoms. The van der Waals surface area contributed by atoms with E-state index in [0.29, 0.717) is 24.7 Å². The lowest BCUT2D eigenvalue weighted by Gasteiger charge is -2.39. The summed E-state index contributed by atoms with van der Waals surface area (Å²) in [5.41, 5.74) is 1.84. The van der Waals surface area contributed by atoms with Crippen molar-refractivity contribution in [3.63, 3.8) is 0 Å². The fourth-order valence-corrected chi connectivity index (χ4v) is 3.36. The van der Waals surface area contributed by atoms with E-state index in [0.717, 1.165) is 36.5 Å². The smallest absolute Gasteiger partial charge is 0.409 e. The highest BCUT2D eigenvalue weighted by Crippen LogP contribution is 2.23. The molecule has 0 bridgehead atoms. The van der Waals surface area contributed by atoms with Gasteiger partial charge in [0.25, 0.3) is 0 Å². The van der Waals surface area contributed by atoms with Gasteiger partial charge in [0.1, 0.15) is 0 Å². The van der Waals surface area contributed by atoms with Gasteiger partial charge < -0.3 is 14.2 Å². The highest BCUT2D eigenvalue weighted by molar-refractivity contribution is 6.30. The maximum atomic E-state index is 11.8. The molecule has 1 saturated heterocycles. The Morgan fingerprint density at radius 1 is 1.38 bits per heavy atom. The van der Waals surface area contributed by atoms with Crippen molar-refractivity contribution in [3.05, 3.63) is 41.0 Å². The fraction of sp³-hybridized carbons (Fsp3) is 0.474. The van der Waals surface area contributed by atoms with Crippen molar-refractivity contribution >= 4 is 17.7 Å². The van der Waals surface area contributed by atoms with Crippen LogP contribution < -0.4 is 0 Å². The van der Waals surface area contributed by atoms with Gasteiger partial charge in [-0.1, -0.05) is 28.9 Å². The van der Waals surface area contributed by atoms with Crippen molar-refractivity contribution in [1.29, 1.82) is 0 Å². The molecule has 3 rings (SSSR count). The molecule has 1 aliphatic heterocycles. The molecule has 2 heterocycles. The molecule has 0 saturated carbocycles. The summed E-state index contributed by atoms with van der Waals surface area (Å²) in [6.45, 7) is 7.45. The lowest BCUT2D eigenvalue weighted by molar-refractivity contribution is 0.0579. The molecule has 26 heavy (non-hydrogen) atoms. The van der Waals surface area contributed by atoms with Crippen molar-refractivity contribution < 1.29 is 14.1 Å². The Morgan fingerprint density at radius 3 is 2.96 bits per heavy atom. The number of hydrogen-bond donors (Lipinski definition) is 0. The number of hydrogen-bond acceptors (Lipinski definition) is 5. The minimum absolute atomic E-state index is 0.221. The summed E-state index contributed by atoms with van der Waals surface area (Å²) in [6.07, 6.45) is 0.579. The highest BCUT2D eigenvalue weighted by atomic mass is 35.5. The predicted octanol–water partition coefficient (Wildman–Crippen LogP) is 3.70. The molecular weight excluding hydrogens is 354 g/mol. The van der Waals surface area contributed by atoms with Crippen LogP contribution in [0, 0.1) is 0 Å². The van der Waals surface area contributed by atoms with Crippen LogP contribution in [0.25, 0.3) is 11.3 Å². The number of benzene rings is 1. The minimum atomic E-state index is -0.221. The molecule has 0 radical (unpaired) electrons.